The van der Waals surface area contributed by atoms with Gasteiger partial charge in [-0.25, -0.2) is 15.0 Å². The lowest BCUT2D eigenvalue weighted by Gasteiger charge is -2.37. The highest BCUT2D eigenvalue weighted by Gasteiger charge is 2.32. The molecule has 9 aromatic rings. The Morgan fingerprint density at radius 3 is 1.43 bits per heavy atom. The Kier molecular flexibility index (Phi) is 17.6. The molecule has 12 rings (SSSR count). The van der Waals surface area contributed by atoms with Crippen molar-refractivity contribution in [2.45, 2.75) is 91.0 Å². The van der Waals surface area contributed by atoms with E-state index in [0.717, 1.165) is 99.2 Å². The van der Waals surface area contributed by atoms with Gasteiger partial charge in [-0.15, -0.1) is 39.7 Å². The van der Waals surface area contributed by atoms with Crippen molar-refractivity contribution in [2.24, 2.45) is 17.8 Å². The first-order valence-corrected chi connectivity index (χ1v) is 27.7. The van der Waals surface area contributed by atoms with Gasteiger partial charge in [0.25, 0.3) is 11.8 Å². The molecule has 6 atom stereocenters. The molecule has 3 fully saturated rings. The largest absolute Gasteiger partial charge is 0.423 e. The SMILES string of the molecule is C#CCC(=O)N1C[C@@H](C)C[C@@H](Nc2c(-c3cc(CO)on3)cnc3[nH]ccc23)C1.C#CCC(=O)N1C[C@@H](C)C[C@@H](Nc2c(-c3nnc(C)o3)cnc3[nH]ccc23)C1.C#CCC(=O)N1C[C@@H](C)C[C@@H](Nc2c(-c3nnco3)cnc3[nH]ccc23)C1. The van der Waals surface area contributed by atoms with Gasteiger partial charge >= 0.3 is 0 Å². The van der Waals surface area contributed by atoms with Crippen molar-refractivity contribution >= 4 is 67.9 Å². The molecule has 84 heavy (non-hydrogen) atoms. The Bertz CT molecular complexity index is 3890. The number of hydrogen-bond donors (Lipinski definition) is 7. The summed E-state index contributed by atoms with van der Waals surface area (Å²) < 4.78 is 16.2. The first-order chi connectivity index (χ1) is 40.8. The molecular formula is C60H65N17O7. The van der Waals surface area contributed by atoms with Crippen molar-refractivity contribution in [3.8, 4) is 71.2 Å². The fraction of sp³-hybridized carbons (Fsp3) is 0.383. The van der Waals surface area contributed by atoms with Gasteiger partial charge in [0, 0.05) is 129 Å². The van der Waals surface area contributed by atoms with Crippen LogP contribution in [0.5, 0.6) is 0 Å². The molecule has 3 amide bonds. The number of aromatic amines is 3. The zero-order valence-corrected chi connectivity index (χ0v) is 47.1. The number of hydrogen-bond acceptors (Lipinski definition) is 18. The summed E-state index contributed by atoms with van der Waals surface area (Å²) in [6, 6.07) is 7.79. The molecule has 0 saturated carbocycles. The van der Waals surface area contributed by atoms with Crippen LogP contribution in [0.2, 0.25) is 0 Å². The molecule has 3 aliphatic heterocycles. The van der Waals surface area contributed by atoms with Crippen LogP contribution >= 0.6 is 0 Å². The van der Waals surface area contributed by atoms with E-state index in [9.17, 15) is 19.5 Å². The fourth-order valence-corrected chi connectivity index (χ4v) is 11.4. The molecule has 9 aromatic heterocycles. The van der Waals surface area contributed by atoms with Crippen molar-refractivity contribution in [1.82, 2.24) is 70.2 Å². The molecule has 0 radical (unpaired) electrons. The minimum Gasteiger partial charge on any atom is -0.423 e. The monoisotopic (exact) mass is 1140 g/mol. The number of aromatic nitrogens is 11. The Hall–Kier alpha value is -9.99. The lowest BCUT2D eigenvalue weighted by molar-refractivity contribution is -0.132. The minimum atomic E-state index is -0.220. The van der Waals surface area contributed by atoms with Gasteiger partial charge in [-0.1, -0.05) is 43.7 Å². The molecule has 3 saturated heterocycles. The van der Waals surface area contributed by atoms with Crippen LogP contribution in [0, 0.1) is 61.7 Å². The summed E-state index contributed by atoms with van der Waals surface area (Å²) in [5, 5.41) is 42.9. The summed E-state index contributed by atoms with van der Waals surface area (Å²) in [6.07, 6.45) is 31.1. The molecule has 0 unspecified atom stereocenters. The van der Waals surface area contributed by atoms with Gasteiger partial charge in [0.2, 0.25) is 30.0 Å². The third-order valence-corrected chi connectivity index (χ3v) is 14.9. The van der Waals surface area contributed by atoms with E-state index >= 15 is 0 Å². The van der Waals surface area contributed by atoms with E-state index in [-0.39, 0.29) is 61.7 Å². The Labute approximate surface area is 483 Å². The third kappa shape index (κ3) is 13.0. The van der Waals surface area contributed by atoms with E-state index in [4.69, 9.17) is 32.6 Å². The van der Waals surface area contributed by atoms with Gasteiger partial charge < -0.3 is 64.1 Å². The second-order valence-corrected chi connectivity index (χ2v) is 21.7. The number of aliphatic hydroxyl groups excluding tert-OH is 1. The van der Waals surface area contributed by atoms with Crippen molar-refractivity contribution < 1.29 is 32.8 Å². The molecule has 0 aliphatic carbocycles. The average molecular weight is 1140 g/mol. The van der Waals surface area contributed by atoms with Crippen LogP contribution in [0.1, 0.15) is 70.9 Å². The number of anilines is 3. The van der Waals surface area contributed by atoms with Crippen molar-refractivity contribution in [3.05, 3.63) is 79.5 Å². The van der Waals surface area contributed by atoms with Gasteiger partial charge in [-0.2, -0.15) is 0 Å². The summed E-state index contributed by atoms with van der Waals surface area (Å²) >= 11 is 0. The number of piperidine rings is 3. The topological polar surface area (TPSA) is 307 Å². The summed E-state index contributed by atoms with van der Waals surface area (Å²) in [6.45, 7) is 11.9. The quantitative estimate of drug-likeness (QED) is 0.0559. The summed E-state index contributed by atoms with van der Waals surface area (Å²) in [5.74, 6) is 10.1. The zero-order chi connectivity index (χ0) is 58.9. The van der Waals surface area contributed by atoms with Crippen LogP contribution in [0.25, 0.3) is 67.3 Å². The van der Waals surface area contributed by atoms with Crippen molar-refractivity contribution in [2.75, 3.05) is 55.2 Å². The average Bonchev–Trinajstić information content (AvgIpc) is 2.82. The van der Waals surface area contributed by atoms with E-state index in [2.05, 4.69) is 110 Å². The normalized spacial score (nSPS) is 19.5. The first-order valence-electron chi connectivity index (χ1n) is 27.7. The lowest BCUT2D eigenvalue weighted by atomic mass is 9.95. The molecular weight excluding hydrogens is 1070 g/mol. The number of terminal acetylenes is 3. The highest BCUT2D eigenvalue weighted by Crippen LogP contribution is 2.38. The zero-order valence-electron chi connectivity index (χ0n) is 47.1. The Morgan fingerprint density at radius 1 is 0.619 bits per heavy atom. The highest BCUT2D eigenvalue weighted by molar-refractivity contribution is 5.99. The number of fused-ring (bicyclic) bond motifs is 3. The summed E-state index contributed by atoms with van der Waals surface area (Å²) in [4.78, 5) is 65.1. The number of nitrogens with zero attached hydrogens (tertiary/aromatic N) is 11. The molecule has 24 nitrogen and oxygen atoms in total. The number of nitrogens with one attached hydrogen (secondary N) is 6. The maximum absolute atomic E-state index is 12.3. The van der Waals surface area contributed by atoms with Crippen LogP contribution < -0.4 is 16.0 Å². The number of carbonyl (C=O) groups is 3. The lowest BCUT2D eigenvalue weighted by Crippen LogP contribution is -2.48. The van der Waals surface area contributed by atoms with Gasteiger partial charge in [-0.05, 0) is 55.2 Å². The van der Waals surface area contributed by atoms with Crippen LogP contribution in [-0.2, 0) is 21.0 Å². The van der Waals surface area contributed by atoms with Crippen molar-refractivity contribution in [1.29, 1.82) is 0 Å². The van der Waals surface area contributed by atoms with E-state index in [1.165, 1.54) is 6.39 Å². The van der Waals surface area contributed by atoms with E-state index in [1.54, 1.807) is 31.6 Å². The summed E-state index contributed by atoms with van der Waals surface area (Å²) in [5.41, 5.74) is 7.76. The molecule has 0 spiro atoms. The third-order valence-electron chi connectivity index (χ3n) is 14.9. The molecule has 0 aromatic carbocycles. The molecule has 3 aliphatic rings. The van der Waals surface area contributed by atoms with Crippen LogP contribution in [0.3, 0.4) is 0 Å². The minimum absolute atomic E-state index is 0.00452. The van der Waals surface area contributed by atoms with Gasteiger partial charge in [0.15, 0.2) is 5.76 Å². The molecule has 24 heteroatoms. The number of rotatable bonds is 13. The Balaban J connectivity index is 0.000000140. The van der Waals surface area contributed by atoms with E-state index < -0.39 is 0 Å². The molecule has 0 bridgehead atoms. The van der Waals surface area contributed by atoms with Crippen molar-refractivity contribution in [3.63, 3.8) is 0 Å². The number of likely N-dealkylation sites (tertiary alicyclic amines) is 3. The Morgan fingerprint density at radius 2 is 1.05 bits per heavy atom. The number of pyridine rings is 3. The van der Waals surface area contributed by atoms with Gasteiger partial charge in [0.1, 0.15) is 29.2 Å². The van der Waals surface area contributed by atoms with Crippen LogP contribution in [0.4, 0.5) is 17.1 Å². The predicted octanol–water partition coefficient (Wildman–Crippen LogP) is 7.26. The molecule has 7 N–H and O–H groups in total. The molecule has 12 heterocycles. The van der Waals surface area contributed by atoms with Gasteiger partial charge in [0.05, 0.1) is 47.5 Å². The fourth-order valence-electron chi connectivity index (χ4n) is 11.4. The van der Waals surface area contributed by atoms with E-state index in [1.807, 2.05) is 51.5 Å². The standard InChI is InChI=1S/C21H23N5O3.C20H22N6O2.C19H20N6O2/c1-3-4-19(28)26-10-13(2)7-14(11-26)24-20-16-5-6-22-21(16)23-9-17(20)18-8-15(12-27)29-25-18;1-4-5-17(27)26-10-12(2)8-14(11-26)23-18-15-6-7-21-19(15)22-9-16(18)20-25-24-13(3)28-20;1-3-4-16(26)25-9-12(2)7-13(10-25)23-17-14-5-6-20-18(14)21-8-15(17)19-24-22-11-27-19/h1,5-6,8-9,13-14,27H,4,7,10-12H2,2H3,(H2,22,23,24);1,6-7,9,12,14H,5,8,10-11H2,2-3H3,(H2,21,22,23);1,5-6,8,11-13H,4,7,9-10H2,2H3,(H2,20,21,23)/t13-,14+;12-,14+;12-,13+/m000/s1. The second kappa shape index (κ2) is 25.9. The predicted molar refractivity (Wildman–Crippen MR) is 315 cm³/mol. The number of aryl methyl sites for hydroxylation is 1. The number of carbonyl (C=O) groups excluding carboxylic acids is 3. The summed E-state index contributed by atoms with van der Waals surface area (Å²) in [7, 11) is 0. The molecule has 432 valence electrons. The maximum Gasteiger partial charge on any atom is 0.251 e. The number of amides is 3. The second-order valence-electron chi connectivity index (χ2n) is 21.7. The van der Waals surface area contributed by atoms with Gasteiger partial charge in [-0.3, -0.25) is 14.4 Å². The first kappa shape index (κ1) is 57.3. The number of H-pyrrole nitrogens is 3. The maximum atomic E-state index is 12.3. The van der Waals surface area contributed by atoms with Crippen LogP contribution in [-0.4, -0.2) is 150 Å². The van der Waals surface area contributed by atoms with Crippen LogP contribution in [0.15, 0.2) is 81.2 Å². The highest BCUT2D eigenvalue weighted by atomic mass is 16.5. The van der Waals surface area contributed by atoms with E-state index in [0.29, 0.717) is 73.1 Å². The number of aliphatic hydroxyl groups is 1. The smallest absolute Gasteiger partial charge is 0.251 e.